The Morgan fingerprint density at radius 2 is 1.70 bits per heavy atom. The minimum Gasteiger partial charge on any atom is -0.461 e. The van der Waals surface area contributed by atoms with Gasteiger partial charge in [0.2, 0.25) is 0 Å². The molecule has 0 spiro atoms. The van der Waals surface area contributed by atoms with Crippen molar-refractivity contribution in [2.45, 2.75) is 44.5 Å². The Morgan fingerprint density at radius 1 is 1.09 bits per heavy atom. The zero-order valence-electron chi connectivity index (χ0n) is 12.4. The van der Waals surface area contributed by atoms with E-state index in [1.807, 2.05) is 35.6 Å². The Kier molecular flexibility index (Phi) is 5.63. The molecule has 1 aliphatic carbocycles. The number of carbonyl (C=O) groups is 2. The van der Waals surface area contributed by atoms with Gasteiger partial charge in [0.05, 0.1) is 5.92 Å². The van der Waals surface area contributed by atoms with Gasteiger partial charge in [-0.1, -0.05) is 30.3 Å². The van der Waals surface area contributed by atoms with Crippen LogP contribution in [0.15, 0.2) is 30.3 Å². The van der Waals surface area contributed by atoms with Crippen LogP contribution in [0.1, 0.15) is 31.2 Å². The number of amides is 1. The quantitative estimate of drug-likeness (QED) is 0.864. The topological polar surface area (TPSA) is 55.4 Å². The predicted octanol–water partition coefficient (Wildman–Crippen LogP) is 2.97. The average Bonchev–Trinajstić information content (AvgIpc) is 2.53. The zero-order valence-corrected chi connectivity index (χ0v) is 12.4. The summed E-state index contributed by atoms with van der Waals surface area (Å²) in [5.74, 6) is -2.58. The molecule has 126 valence electrons. The smallest absolute Gasteiger partial charge is 0.461 e. The first-order valence-electron chi connectivity index (χ1n) is 7.44. The summed E-state index contributed by atoms with van der Waals surface area (Å²) < 4.78 is 41.8. The SMILES string of the molecule is O=C(OCc1ccccc1)C1CCC(NC(=O)C(F)(F)F)CC1. The van der Waals surface area contributed by atoms with Crippen LogP contribution >= 0.6 is 0 Å². The van der Waals surface area contributed by atoms with E-state index in [4.69, 9.17) is 4.74 Å². The second-order valence-corrected chi connectivity index (χ2v) is 5.61. The Bertz CT molecular complexity index is 537. The molecule has 0 unspecified atom stereocenters. The molecule has 0 atom stereocenters. The molecule has 2 rings (SSSR count). The van der Waals surface area contributed by atoms with Crippen LogP contribution in [0.5, 0.6) is 0 Å². The number of hydrogen-bond donors (Lipinski definition) is 1. The van der Waals surface area contributed by atoms with Crippen LogP contribution in [0.2, 0.25) is 0 Å². The van der Waals surface area contributed by atoms with Gasteiger partial charge in [0.15, 0.2) is 0 Å². The lowest BCUT2D eigenvalue weighted by atomic mass is 9.86. The summed E-state index contributed by atoms with van der Waals surface area (Å²) in [6.07, 6.45) is -3.36. The van der Waals surface area contributed by atoms with Gasteiger partial charge in [0.25, 0.3) is 0 Å². The van der Waals surface area contributed by atoms with E-state index in [2.05, 4.69) is 0 Å². The molecule has 4 nitrogen and oxygen atoms in total. The van der Waals surface area contributed by atoms with E-state index in [0.29, 0.717) is 25.7 Å². The molecule has 0 aliphatic heterocycles. The number of benzene rings is 1. The van der Waals surface area contributed by atoms with E-state index in [9.17, 15) is 22.8 Å². The number of rotatable bonds is 4. The molecule has 0 bridgehead atoms. The number of alkyl halides is 3. The number of halogens is 3. The van der Waals surface area contributed by atoms with Gasteiger partial charge in [-0.05, 0) is 31.2 Å². The molecule has 1 aromatic rings. The summed E-state index contributed by atoms with van der Waals surface area (Å²) in [7, 11) is 0. The lowest BCUT2D eigenvalue weighted by Crippen LogP contribution is -2.45. The van der Waals surface area contributed by atoms with Gasteiger partial charge in [0, 0.05) is 6.04 Å². The highest BCUT2D eigenvalue weighted by molar-refractivity contribution is 5.82. The minimum atomic E-state index is -4.87. The minimum absolute atomic E-state index is 0.185. The standard InChI is InChI=1S/C16H18F3NO3/c17-16(18,19)15(22)20-13-8-6-12(7-9-13)14(21)23-10-11-4-2-1-3-5-11/h1-5,12-13H,6-10H2,(H,20,22). The lowest BCUT2D eigenvalue weighted by molar-refractivity contribution is -0.174. The van der Waals surface area contributed by atoms with Crippen molar-refractivity contribution in [2.75, 3.05) is 0 Å². The molecule has 7 heteroatoms. The van der Waals surface area contributed by atoms with E-state index in [1.165, 1.54) is 0 Å². The summed E-state index contributed by atoms with van der Waals surface area (Å²) in [6, 6.07) is 8.70. The summed E-state index contributed by atoms with van der Waals surface area (Å²) in [6.45, 7) is 0.185. The molecule has 1 saturated carbocycles. The summed E-state index contributed by atoms with van der Waals surface area (Å²) >= 11 is 0. The van der Waals surface area contributed by atoms with Crippen molar-refractivity contribution in [3.8, 4) is 0 Å². The third-order valence-electron chi connectivity index (χ3n) is 3.88. The number of hydrogen-bond acceptors (Lipinski definition) is 3. The van der Waals surface area contributed by atoms with Gasteiger partial charge in [0.1, 0.15) is 6.61 Å². The first-order chi connectivity index (χ1) is 10.9. The first-order valence-corrected chi connectivity index (χ1v) is 7.44. The molecule has 0 heterocycles. The Balaban J connectivity index is 1.73. The number of carbonyl (C=O) groups excluding carboxylic acids is 2. The lowest BCUT2D eigenvalue weighted by Gasteiger charge is -2.28. The van der Waals surface area contributed by atoms with Gasteiger partial charge in [-0.3, -0.25) is 9.59 Å². The van der Waals surface area contributed by atoms with Gasteiger partial charge in [-0.25, -0.2) is 0 Å². The van der Waals surface area contributed by atoms with Crippen LogP contribution < -0.4 is 5.32 Å². The molecular formula is C16H18F3NO3. The molecule has 1 aromatic carbocycles. The molecule has 0 radical (unpaired) electrons. The molecule has 1 amide bonds. The summed E-state index contributed by atoms with van der Waals surface area (Å²) in [4.78, 5) is 22.8. The monoisotopic (exact) mass is 329 g/mol. The number of nitrogens with one attached hydrogen (secondary N) is 1. The van der Waals surface area contributed by atoms with E-state index in [1.54, 1.807) is 0 Å². The molecule has 1 aliphatic rings. The maximum Gasteiger partial charge on any atom is 0.471 e. The zero-order chi connectivity index (χ0) is 16.9. The highest BCUT2D eigenvalue weighted by Gasteiger charge is 2.40. The molecular weight excluding hydrogens is 311 g/mol. The first kappa shape index (κ1) is 17.3. The van der Waals surface area contributed by atoms with Crippen molar-refractivity contribution in [3.05, 3.63) is 35.9 Å². The Hall–Kier alpha value is -2.05. The van der Waals surface area contributed by atoms with Crippen LogP contribution in [0, 0.1) is 5.92 Å². The van der Waals surface area contributed by atoms with Crippen LogP contribution in [-0.2, 0) is 20.9 Å². The normalized spacial score (nSPS) is 21.5. The highest BCUT2D eigenvalue weighted by Crippen LogP contribution is 2.26. The third-order valence-corrected chi connectivity index (χ3v) is 3.88. The predicted molar refractivity (Wildman–Crippen MR) is 76.2 cm³/mol. The maximum absolute atomic E-state index is 12.2. The van der Waals surface area contributed by atoms with Gasteiger partial charge in [-0.15, -0.1) is 0 Å². The van der Waals surface area contributed by atoms with Crippen molar-refractivity contribution in [2.24, 2.45) is 5.92 Å². The van der Waals surface area contributed by atoms with Gasteiger partial charge >= 0.3 is 18.1 Å². The second-order valence-electron chi connectivity index (χ2n) is 5.61. The largest absolute Gasteiger partial charge is 0.471 e. The molecule has 0 aromatic heterocycles. The molecule has 23 heavy (non-hydrogen) atoms. The summed E-state index contributed by atoms with van der Waals surface area (Å²) in [5.41, 5.74) is 0.881. The van der Waals surface area contributed by atoms with Gasteiger partial charge < -0.3 is 10.1 Å². The average molecular weight is 329 g/mol. The fourth-order valence-corrected chi connectivity index (χ4v) is 2.59. The fraction of sp³-hybridized carbons (Fsp3) is 0.500. The maximum atomic E-state index is 12.2. The van der Waals surface area contributed by atoms with Crippen LogP contribution in [0.4, 0.5) is 13.2 Å². The molecule has 0 saturated heterocycles. The van der Waals surface area contributed by atoms with Crippen molar-refractivity contribution >= 4 is 11.9 Å². The van der Waals surface area contributed by atoms with Gasteiger partial charge in [-0.2, -0.15) is 13.2 Å². The number of esters is 1. The number of ether oxygens (including phenoxy) is 1. The Labute approximate surface area is 132 Å². The molecule has 1 fully saturated rings. The summed E-state index contributed by atoms with van der Waals surface area (Å²) in [5, 5.41) is 1.96. The molecule has 1 N–H and O–H groups in total. The van der Waals surface area contributed by atoms with Crippen LogP contribution in [0.25, 0.3) is 0 Å². The van der Waals surface area contributed by atoms with Crippen molar-refractivity contribution in [1.82, 2.24) is 5.32 Å². The van der Waals surface area contributed by atoms with E-state index >= 15 is 0 Å². The third kappa shape index (κ3) is 5.26. The van der Waals surface area contributed by atoms with Crippen molar-refractivity contribution in [3.63, 3.8) is 0 Å². The Morgan fingerprint density at radius 3 is 2.26 bits per heavy atom. The highest BCUT2D eigenvalue weighted by atomic mass is 19.4. The second kappa shape index (κ2) is 7.48. The van der Waals surface area contributed by atoms with Crippen LogP contribution in [0.3, 0.4) is 0 Å². The van der Waals surface area contributed by atoms with E-state index in [0.717, 1.165) is 5.56 Å². The van der Waals surface area contributed by atoms with Crippen molar-refractivity contribution < 1.29 is 27.5 Å². The van der Waals surface area contributed by atoms with Crippen LogP contribution in [-0.4, -0.2) is 24.1 Å². The van der Waals surface area contributed by atoms with E-state index < -0.39 is 18.1 Å². The van der Waals surface area contributed by atoms with E-state index in [-0.39, 0.29) is 18.5 Å². The fourth-order valence-electron chi connectivity index (χ4n) is 2.59. The van der Waals surface area contributed by atoms with Crippen molar-refractivity contribution in [1.29, 1.82) is 0 Å².